The van der Waals surface area contributed by atoms with E-state index in [2.05, 4.69) is 22.5 Å². The highest BCUT2D eigenvalue weighted by atomic mass is 16.1. The van der Waals surface area contributed by atoms with Crippen molar-refractivity contribution in [1.82, 2.24) is 5.32 Å². The topological polar surface area (TPSA) is 53.8 Å². The van der Waals surface area contributed by atoms with Crippen LogP contribution in [-0.2, 0) is 4.79 Å². The molecule has 0 aromatic carbocycles. The lowest BCUT2D eigenvalue weighted by Gasteiger charge is -2.26. The Morgan fingerprint density at radius 1 is 1.31 bits per heavy atom. The van der Waals surface area contributed by atoms with E-state index in [1.54, 1.807) is 0 Å². The van der Waals surface area contributed by atoms with Crippen molar-refractivity contribution < 1.29 is 4.79 Å². The molecule has 16 heavy (non-hydrogen) atoms. The average molecular weight is 223 g/mol. The van der Waals surface area contributed by atoms with E-state index < -0.39 is 0 Å². The number of carbonyl (C=O) groups is 1. The molecule has 0 saturated heterocycles. The molecule has 2 rings (SSSR count). The van der Waals surface area contributed by atoms with E-state index >= 15 is 0 Å². The molecule has 0 aromatic rings. The maximum absolute atomic E-state index is 11.7. The molecule has 0 spiro atoms. The molecule has 2 aliphatic rings. The largest absolute Gasteiger partial charge is 0.353 e. The van der Waals surface area contributed by atoms with Crippen molar-refractivity contribution in [3.05, 3.63) is 0 Å². The summed E-state index contributed by atoms with van der Waals surface area (Å²) in [7, 11) is 0. The summed E-state index contributed by atoms with van der Waals surface area (Å²) in [6.07, 6.45) is 6.07. The van der Waals surface area contributed by atoms with Gasteiger partial charge in [-0.1, -0.05) is 6.92 Å². The summed E-state index contributed by atoms with van der Waals surface area (Å²) in [5.74, 6) is 0.995. The second kappa shape index (κ2) is 4.52. The van der Waals surface area contributed by atoms with E-state index in [-0.39, 0.29) is 11.6 Å². The molecule has 1 saturated carbocycles. The zero-order chi connectivity index (χ0) is 11.6. The van der Waals surface area contributed by atoms with Crippen LogP contribution in [0.15, 0.2) is 10.2 Å². The third kappa shape index (κ3) is 3.29. The van der Waals surface area contributed by atoms with Gasteiger partial charge in [0.15, 0.2) is 5.66 Å². The quantitative estimate of drug-likeness (QED) is 0.782. The fourth-order valence-electron chi connectivity index (χ4n) is 2.24. The highest BCUT2D eigenvalue weighted by Gasteiger charge is 2.34. The van der Waals surface area contributed by atoms with Crippen LogP contribution in [0.25, 0.3) is 0 Å². The van der Waals surface area contributed by atoms with Gasteiger partial charge in [-0.15, -0.1) is 0 Å². The van der Waals surface area contributed by atoms with E-state index in [4.69, 9.17) is 0 Å². The van der Waals surface area contributed by atoms with E-state index in [0.29, 0.717) is 12.5 Å². The number of hydrogen-bond acceptors (Lipinski definition) is 3. The molecule has 0 unspecified atom stereocenters. The first-order chi connectivity index (χ1) is 7.57. The van der Waals surface area contributed by atoms with Crippen molar-refractivity contribution in [3.8, 4) is 0 Å². The summed E-state index contributed by atoms with van der Waals surface area (Å²) < 4.78 is 0. The van der Waals surface area contributed by atoms with Crippen molar-refractivity contribution in [2.75, 3.05) is 0 Å². The third-order valence-corrected chi connectivity index (χ3v) is 3.65. The normalized spacial score (nSPS) is 31.1. The smallest absolute Gasteiger partial charge is 0.220 e. The van der Waals surface area contributed by atoms with Gasteiger partial charge in [0.2, 0.25) is 5.91 Å². The van der Waals surface area contributed by atoms with Gasteiger partial charge in [-0.3, -0.25) is 4.79 Å². The van der Waals surface area contributed by atoms with Gasteiger partial charge in [0.25, 0.3) is 0 Å². The second-order valence-electron chi connectivity index (χ2n) is 5.44. The van der Waals surface area contributed by atoms with Crippen LogP contribution < -0.4 is 5.32 Å². The molecule has 4 heteroatoms. The Labute approximate surface area is 96.9 Å². The maximum atomic E-state index is 11.7. The molecule has 1 N–H and O–H groups in total. The van der Waals surface area contributed by atoms with Gasteiger partial charge in [0.1, 0.15) is 0 Å². The van der Waals surface area contributed by atoms with E-state index in [0.717, 1.165) is 25.2 Å². The van der Waals surface area contributed by atoms with E-state index in [1.807, 2.05) is 6.92 Å². The summed E-state index contributed by atoms with van der Waals surface area (Å²) in [6, 6.07) is 0.407. The molecule has 0 bridgehead atoms. The first kappa shape index (κ1) is 11.6. The second-order valence-corrected chi connectivity index (χ2v) is 5.44. The van der Waals surface area contributed by atoms with Crippen LogP contribution in [0.1, 0.15) is 52.4 Å². The first-order valence-electron chi connectivity index (χ1n) is 6.31. The minimum absolute atomic E-state index is 0.165. The van der Waals surface area contributed by atoms with Crippen LogP contribution in [0.4, 0.5) is 0 Å². The maximum Gasteiger partial charge on any atom is 0.220 e. The Morgan fingerprint density at radius 2 is 1.94 bits per heavy atom. The molecule has 0 atom stereocenters. The van der Waals surface area contributed by atoms with E-state index in [1.165, 1.54) is 12.8 Å². The van der Waals surface area contributed by atoms with Crippen molar-refractivity contribution in [1.29, 1.82) is 0 Å². The van der Waals surface area contributed by atoms with Crippen LogP contribution in [0.2, 0.25) is 0 Å². The molecule has 1 fully saturated rings. The Kier molecular flexibility index (Phi) is 3.26. The lowest BCUT2D eigenvalue weighted by molar-refractivity contribution is -0.122. The Morgan fingerprint density at radius 3 is 2.50 bits per heavy atom. The number of nitrogens with one attached hydrogen (secondary N) is 1. The van der Waals surface area contributed by atoms with Gasteiger partial charge in [0, 0.05) is 18.9 Å². The highest BCUT2D eigenvalue weighted by Crippen LogP contribution is 2.32. The van der Waals surface area contributed by atoms with Crippen molar-refractivity contribution in [2.24, 2.45) is 16.1 Å². The zero-order valence-corrected chi connectivity index (χ0v) is 10.2. The highest BCUT2D eigenvalue weighted by molar-refractivity contribution is 5.76. The SMILES string of the molecule is CC1CCC(NC(=O)CCC2(C)N=N2)CC1. The summed E-state index contributed by atoms with van der Waals surface area (Å²) in [4.78, 5) is 11.7. The molecule has 90 valence electrons. The monoisotopic (exact) mass is 223 g/mol. The molecule has 0 aromatic heterocycles. The fraction of sp³-hybridized carbons (Fsp3) is 0.917. The van der Waals surface area contributed by atoms with Crippen molar-refractivity contribution in [2.45, 2.75) is 64.1 Å². The van der Waals surface area contributed by atoms with Crippen LogP contribution in [0.3, 0.4) is 0 Å². The van der Waals surface area contributed by atoms with Crippen molar-refractivity contribution >= 4 is 5.91 Å². The van der Waals surface area contributed by atoms with Crippen molar-refractivity contribution in [3.63, 3.8) is 0 Å². The molecule has 0 radical (unpaired) electrons. The number of amides is 1. The zero-order valence-electron chi connectivity index (χ0n) is 10.2. The first-order valence-corrected chi connectivity index (χ1v) is 6.31. The molecule has 4 nitrogen and oxygen atoms in total. The molecule has 1 aliphatic carbocycles. The summed E-state index contributed by atoms with van der Waals surface area (Å²) in [5, 5.41) is 10.9. The summed E-state index contributed by atoms with van der Waals surface area (Å²) >= 11 is 0. The number of carbonyl (C=O) groups excluding carboxylic acids is 1. The minimum Gasteiger partial charge on any atom is -0.353 e. The molecule has 1 amide bonds. The number of hydrogen-bond donors (Lipinski definition) is 1. The predicted molar refractivity (Wildman–Crippen MR) is 62.1 cm³/mol. The van der Waals surface area contributed by atoms with Gasteiger partial charge in [-0.25, -0.2) is 0 Å². The number of nitrogens with zero attached hydrogens (tertiary/aromatic N) is 2. The average Bonchev–Trinajstić information content (AvgIpc) is 2.98. The van der Waals surface area contributed by atoms with Gasteiger partial charge in [-0.05, 0) is 38.5 Å². The van der Waals surface area contributed by atoms with Crippen LogP contribution in [-0.4, -0.2) is 17.6 Å². The fourth-order valence-corrected chi connectivity index (χ4v) is 2.24. The Bertz CT molecular complexity index is 287. The van der Waals surface area contributed by atoms with Gasteiger partial charge >= 0.3 is 0 Å². The molecule has 1 aliphatic heterocycles. The molecule has 1 heterocycles. The van der Waals surface area contributed by atoms with E-state index in [9.17, 15) is 4.79 Å². The molecular formula is C12H21N3O. The molecular weight excluding hydrogens is 202 g/mol. The lowest BCUT2D eigenvalue weighted by Crippen LogP contribution is -2.37. The summed E-state index contributed by atoms with van der Waals surface area (Å²) in [5.41, 5.74) is -0.238. The number of rotatable bonds is 4. The van der Waals surface area contributed by atoms with Crippen LogP contribution in [0, 0.1) is 5.92 Å². The van der Waals surface area contributed by atoms with Crippen LogP contribution in [0.5, 0.6) is 0 Å². The minimum atomic E-state index is -0.238. The summed E-state index contributed by atoms with van der Waals surface area (Å²) in [6.45, 7) is 4.25. The Balaban J connectivity index is 1.63. The standard InChI is InChI=1S/C12H21N3O/c1-9-3-5-10(6-4-9)13-11(16)7-8-12(2)14-15-12/h9-10H,3-8H2,1-2H3,(H,13,16). The van der Waals surface area contributed by atoms with Gasteiger partial charge in [-0.2, -0.15) is 10.2 Å². The van der Waals surface area contributed by atoms with Gasteiger partial charge in [0.05, 0.1) is 0 Å². The predicted octanol–water partition coefficient (Wildman–Crippen LogP) is 2.64. The van der Waals surface area contributed by atoms with Gasteiger partial charge < -0.3 is 5.32 Å². The Hall–Kier alpha value is -0.930. The lowest BCUT2D eigenvalue weighted by atomic mass is 9.87. The van der Waals surface area contributed by atoms with Crippen LogP contribution >= 0.6 is 0 Å². The third-order valence-electron chi connectivity index (χ3n) is 3.65.